The Kier molecular flexibility index (Phi) is 18.8. The summed E-state index contributed by atoms with van der Waals surface area (Å²) in [5.41, 5.74) is 3.38. The van der Waals surface area contributed by atoms with Crippen molar-refractivity contribution in [1.29, 1.82) is 0 Å². The molecule has 0 saturated carbocycles. The molecule has 0 spiro atoms. The van der Waals surface area contributed by atoms with E-state index in [1.165, 1.54) is 13.0 Å². The molecule has 0 amide bonds. The van der Waals surface area contributed by atoms with Gasteiger partial charge < -0.3 is 0 Å². The monoisotopic (exact) mass is 490 g/mol. The van der Waals surface area contributed by atoms with Crippen LogP contribution >= 0.6 is 0 Å². The predicted molar refractivity (Wildman–Crippen MR) is 143 cm³/mol. The lowest BCUT2D eigenvalue weighted by Crippen LogP contribution is -2.11. The average molecular weight is 491 g/mol. The Bertz CT molecular complexity index is 910. The van der Waals surface area contributed by atoms with E-state index in [1.807, 2.05) is 39.8 Å². The van der Waals surface area contributed by atoms with Crippen LogP contribution < -0.4 is 0 Å². The van der Waals surface area contributed by atoms with Gasteiger partial charge in [-0.15, -0.1) is 12.8 Å². The first-order valence-electron chi connectivity index (χ1n) is 11.8. The Morgan fingerprint density at radius 2 is 1.69 bits per heavy atom. The smallest absolute Gasteiger partial charge is 0.300 e. The van der Waals surface area contributed by atoms with Gasteiger partial charge in [-0.1, -0.05) is 62.8 Å². The first-order chi connectivity index (χ1) is 16.6. The van der Waals surface area contributed by atoms with E-state index >= 15 is 0 Å². The Hall–Kier alpha value is -3.07. The minimum atomic E-state index is -4.34. The number of hydrogen-bond acceptors (Lipinski definition) is 2. The van der Waals surface area contributed by atoms with Gasteiger partial charge in [-0.2, -0.15) is 18.3 Å². The number of nitrogens with one attached hydrogen (secondary N) is 1. The number of carbonyl (C=O) groups is 1. The van der Waals surface area contributed by atoms with Crippen molar-refractivity contribution in [2.45, 2.75) is 80.3 Å². The molecule has 1 atom stereocenters. The first-order valence-corrected chi connectivity index (χ1v) is 11.8. The maximum absolute atomic E-state index is 12.7. The van der Waals surface area contributed by atoms with Crippen LogP contribution in [0.25, 0.3) is 5.57 Å². The number of aromatic nitrogens is 2. The maximum Gasteiger partial charge on any atom is 0.416 e. The van der Waals surface area contributed by atoms with E-state index in [0.717, 1.165) is 47.5 Å². The third-order valence-electron chi connectivity index (χ3n) is 5.06. The average Bonchev–Trinajstić information content (AvgIpc) is 3.26. The van der Waals surface area contributed by atoms with Crippen molar-refractivity contribution in [2.75, 3.05) is 0 Å². The van der Waals surface area contributed by atoms with E-state index < -0.39 is 11.7 Å². The molecule has 0 aliphatic rings. The summed E-state index contributed by atoms with van der Waals surface area (Å²) in [6.07, 6.45) is 17.7. The topological polar surface area (TPSA) is 45.8 Å². The molecule has 6 heteroatoms. The van der Waals surface area contributed by atoms with Crippen molar-refractivity contribution in [3.05, 3.63) is 71.1 Å². The molecule has 1 unspecified atom stereocenters. The fourth-order valence-corrected chi connectivity index (χ4v) is 3.24. The number of nitrogens with zero attached hydrogens (tertiary/aromatic N) is 1. The fraction of sp³-hybridized carbons (Fsp3) is 0.448. The van der Waals surface area contributed by atoms with Crippen molar-refractivity contribution in [2.24, 2.45) is 5.92 Å². The lowest BCUT2D eigenvalue weighted by molar-refractivity contribution is -0.119. The SMILES string of the molecule is C#C.C/C=C\C(=C/C)c1cc(C)[nH]n1.C\C=C(/C=C\C(=C/C)C(F)(F)F)C(CCC)CC(=O)CC. The second-order valence-corrected chi connectivity index (χ2v) is 7.63. The molecule has 1 rings (SSSR count). The second kappa shape index (κ2) is 19.3. The van der Waals surface area contributed by atoms with E-state index in [9.17, 15) is 18.0 Å². The molecule has 0 saturated heterocycles. The van der Waals surface area contributed by atoms with Gasteiger partial charge >= 0.3 is 6.18 Å². The van der Waals surface area contributed by atoms with Gasteiger partial charge in [0, 0.05) is 18.5 Å². The van der Waals surface area contributed by atoms with Crippen molar-refractivity contribution < 1.29 is 18.0 Å². The van der Waals surface area contributed by atoms with Gasteiger partial charge in [-0.25, -0.2) is 0 Å². The minimum Gasteiger partial charge on any atom is -0.300 e. The molecule has 0 bridgehead atoms. The van der Waals surface area contributed by atoms with Crippen LogP contribution in [0.3, 0.4) is 0 Å². The van der Waals surface area contributed by atoms with Crippen molar-refractivity contribution in [1.82, 2.24) is 10.2 Å². The van der Waals surface area contributed by atoms with Gasteiger partial charge in [0.15, 0.2) is 0 Å². The highest BCUT2D eigenvalue weighted by Gasteiger charge is 2.31. The van der Waals surface area contributed by atoms with Gasteiger partial charge in [0.25, 0.3) is 0 Å². The lowest BCUT2D eigenvalue weighted by atomic mass is 9.88. The number of alkyl halides is 3. The third kappa shape index (κ3) is 14.0. The minimum absolute atomic E-state index is 0.00459. The number of Topliss-reactive ketones (excluding diaryl/α,β-unsaturated/α-hetero) is 1. The summed E-state index contributed by atoms with van der Waals surface area (Å²) in [5.74, 6) is 0.137. The number of aryl methyl sites for hydroxylation is 1. The number of allylic oxidation sites excluding steroid dienone is 10. The highest BCUT2D eigenvalue weighted by Crippen LogP contribution is 2.29. The first kappa shape index (κ1) is 34.1. The van der Waals surface area contributed by atoms with Gasteiger partial charge in [0.05, 0.1) is 11.3 Å². The summed E-state index contributed by atoms with van der Waals surface area (Å²) >= 11 is 0. The zero-order valence-electron chi connectivity index (χ0n) is 22.2. The quantitative estimate of drug-likeness (QED) is 0.263. The molecule has 0 radical (unpaired) electrons. The summed E-state index contributed by atoms with van der Waals surface area (Å²) in [6, 6.07) is 2.04. The van der Waals surface area contributed by atoms with E-state index in [0.29, 0.717) is 12.8 Å². The number of aromatic amines is 1. The Morgan fingerprint density at radius 1 is 1.06 bits per heavy atom. The van der Waals surface area contributed by atoms with Crippen LogP contribution in [-0.2, 0) is 4.79 Å². The van der Waals surface area contributed by atoms with Crippen molar-refractivity contribution >= 4 is 11.4 Å². The summed E-state index contributed by atoms with van der Waals surface area (Å²) in [7, 11) is 0. The molecule has 1 aromatic rings. The number of halogens is 3. The Labute approximate surface area is 210 Å². The van der Waals surface area contributed by atoms with Gasteiger partial charge in [0.1, 0.15) is 5.78 Å². The molecule has 194 valence electrons. The number of rotatable bonds is 10. The largest absolute Gasteiger partial charge is 0.416 e. The second-order valence-electron chi connectivity index (χ2n) is 7.63. The summed E-state index contributed by atoms with van der Waals surface area (Å²) < 4.78 is 38.1. The molecular weight excluding hydrogens is 449 g/mol. The highest BCUT2D eigenvalue weighted by atomic mass is 19.4. The molecule has 3 nitrogen and oxygen atoms in total. The van der Waals surface area contributed by atoms with Crippen LogP contribution in [0.2, 0.25) is 0 Å². The molecule has 1 aromatic heterocycles. The highest BCUT2D eigenvalue weighted by molar-refractivity contribution is 5.78. The number of terminal acetylenes is 1. The molecule has 0 aromatic carbocycles. The molecule has 1 N–H and O–H groups in total. The van der Waals surface area contributed by atoms with Crippen LogP contribution in [0.4, 0.5) is 13.2 Å². The van der Waals surface area contributed by atoms with Crippen LogP contribution in [0.5, 0.6) is 0 Å². The maximum atomic E-state index is 12.7. The molecule has 35 heavy (non-hydrogen) atoms. The van der Waals surface area contributed by atoms with E-state index in [-0.39, 0.29) is 11.7 Å². The standard InChI is InChI=1S/C17H25F3O.C10H14N2.C2H2/c1-5-9-14(12-16(21)8-4)13(6-2)10-11-15(7-3)17(18,19)20;1-4-6-9(5-2)10-7-8(3)11-12-10;1-2/h6-7,10-11,14H,5,8-9,12H2,1-4H3;4-7H,1-3H3,(H,11,12);1-2H/b11-10-,13-6+,15-7+;6-4-,9-5+;. The van der Waals surface area contributed by atoms with Crippen LogP contribution in [0.1, 0.15) is 78.6 Å². The number of ketones is 1. The zero-order valence-corrected chi connectivity index (χ0v) is 22.2. The number of hydrogen-bond donors (Lipinski definition) is 1. The molecule has 0 aliphatic carbocycles. The lowest BCUT2D eigenvalue weighted by Gasteiger charge is -2.17. The van der Waals surface area contributed by atoms with Gasteiger partial charge in [0.2, 0.25) is 0 Å². The normalized spacial score (nSPS) is 13.8. The zero-order chi connectivity index (χ0) is 27.4. The number of carbonyl (C=O) groups excluding carboxylic acids is 1. The van der Waals surface area contributed by atoms with E-state index in [2.05, 4.69) is 35.2 Å². The van der Waals surface area contributed by atoms with Crippen molar-refractivity contribution in [3.63, 3.8) is 0 Å². The summed E-state index contributed by atoms with van der Waals surface area (Å²) in [5, 5.41) is 7.08. The van der Waals surface area contributed by atoms with Crippen molar-refractivity contribution in [3.8, 4) is 12.8 Å². The van der Waals surface area contributed by atoms with E-state index in [1.54, 1.807) is 19.9 Å². The number of H-pyrrole nitrogens is 1. The van der Waals surface area contributed by atoms with Crippen LogP contribution in [-0.4, -0.2) is 22.2 Å². The van der Waals surface area contributed by atoms with Crippen LogP contribution in [0.15, 0.2) is 59.7 Å². The van der Waals surface area contributed by atoms with Gasteiger partial charge in [-0.05, 0) is 64.2 Å². The summed E-state index contributed by atoms with van der Waals surface area (Å²) in [6.45, 7) is 13.0. The molecular formula is C29H41F3N2O. The molecule has 0 aliphatic heterocycles. The van der Waals surface area contributed by atoms with Crippen LogP contribution in [0, 0.1) is 25.7 Å². The fourth-order valence-electron chi connectivity index (χ4n) is 3.24. The Morgan fingerprint density at radius 3 is 2.06 bits per heavy atom. The molecule has 1 heterocycles. The van der Waals surface area contributed by atoms with E-state index in [4.69, 9.17) is 0 Å². The predicted octanol–water partition coefficient (Wildman–Crippen LogP) is 8.73. The Balaban J connectivity index is 0. The third-order valence-corrected chi connectivity index (χ3v) is 5.06. The van der Waals surface area contributed by atoms with Gasteiger partial charge in [-0.3, -0.25) is 9.89 Å². The summed E-state index contributed by atoms with van der Waals surface area (Å²) in [4.78, 5) is 11.6. The molecule has 0 fully saturated rings.